The highest BCUT2D eigenvalue weighted by Crippen LogP contribution is 2.50. The van der Waals surface area contributed by atoms with E-state index in [1.807, 2.05) is 11.3 Å². The van der Waals surface area contributed by atoms with Crippen LogP contribution in [0.4, 0.5) is 17.1 Å². The van der Waals surface area contributed by atoms with Gasteiger partial charge in [-0.25, -0.2) is 0 Å². The highest BCUT2D eigenvalue weighted by Gasteiger charge is 2.26. The van der Waals surface area contributed by atoms with Crippen molar-refractivity contribution in [3.8, 4) is 22.3 Å². The Morgan fingerprint density at radius 3 is 2.05 bits per heavy atom. The second kappa shape index (κ2) is 15.8. The zero-order chi connectivity index (χ0) is 43.6. The molecule has 1 aliphatic carbocycles. The zero-order valence-corrected chi connectivity index (χ0v) is 36.9. The van der Waals surface area contributed by atoms with E-state index in [4.69, 9.17) is 0 Å². The largest absolute Gasteiger partial charge is 0.302 e. The van der Waals surface area contributed by atoms with Crippen LogP contribution in [0.3, 0.4) is 0 Å². The first-order valence-corrected chi connectivity index (χ1v) is 23.6. The number of benzene rings is 10. The third kappa shape index (κ3) is 6.32. The van der Waals surface area contributed by atoms with Gasteiger partial charge in [-0.1, -0.05) is 194 Å². The van der Waals surface area contributed by atoms with Crippen LogP contribution in [-0.4, -0.2) is 0 Å². The van der Waals surface area contributed by atoms with Crippen molar-refractivity contribution in [2.75, 3.05) is 4.90 Å². The fourth-order valence-corrected chi connectivity index (χ4v) is 11.7. The van der Waals surface area contributed by atoms with E-state index in [0.29, 0.717) is 0 Å². The molecule has 0 amide bonds. The van der Waals surface area contributed by atoms with Crippen LogP contribution in [-0.2, 0) is 0 Å². The summed E-state index contributed by atoms with van der Waals surface area (Å²) in [5.41, 5.74) is 13.0. The Bertz CT molecular complexity index is 3940. The number of para-hydroxylation sites is 1. The first kappa shape index (κ1) is 38.3. The van der Waals surface area contributed by atoms with Gasteiger partial charge in [-0.05, 0) is 131 Å². The lowest BCUT2D eigenvalue weighted by Crippen LogP contribution is -2.13. The molecule has 0 radical (unpaired) electrons. The summed E-state index contributed by atoms with van der Waals surface area (Å²) in [7, 11) is 0. The van der Waals surface area contributed by atoms with Gasteiger partial charge < -0.3 is 4.90 Å². The van der Waals surface area contributed by atoms with Gasteiger partial charge in [-0.3, -0.25) is 0 Å². The minimum absolute atomic E-state index is 0.917. The molecule has 0 atom stereocenters. The summed E-state index contributed by atoms with van der Waals surface area (Å²) in [4.78, 5) is 2.48. The van der Waals surface area contributed by atoms with E-state index in [9.17, 15) is 0 Å². The number of rotatable bonds is 7. The summed E-state index contributed by atoms with van der Waals surface area (Å²) in [5.74, 6) is 0. The van der Waals surface area contributed by atoms with Crippen molar-refractivity contribution < 1.29 is 0 Å². The second-order valence-electron chi connectivity index (χ2n) is 17.3. The van der Waals surface area contributed by atoms with E-state index in [0.717, 1.165) is 29.9 Å². The molecule has 1 heterocycles. The van der Waals surface area contributed by atoms with Gasteiger partial charge in [0.1, 0.15) is 5.69 Å². The van der Waals surface area contributed by atoms with Crippen LogP contribution < -0.4 is 4.90 Å². The fraction of sp³-hybridized carbons (Fsp3) is 0.0312. The third-order valence-corrected chi connectivity index (χ3v) is 14.8. The minimum Gasteiger partial charge on any atom is -0.302 e. The number of hydrogen-bond acceptors (Lipinski definition) is 2. The van der Waals surface area contributed by atoms with Gasteiger partial charge in [0.15, 0.2) is 0 Å². The van der Waals surface area contributed by atoms with Gasteiger partial charge in [0.2, 0.25) is 0 Å². The fourth-order valence-electron chi connectivity index (χ4n) is 10.5. The number of allylic oxidation sites excluding steroid dienone is 4. The van der Waals surface area contributed by atoms with Gasteiger partial charge in [-0.2, -0.15) is 0 Å². The highest BCUT2D eigenvalue weighted by atomic mass is 32.1. The van der Waals surface area contributed by atoms with Crippen molar-refractivity contribution in [2.45, 2.75) is 12.8 Å². The first-order valence-electron chi connectivity index (χ1n) is 22.8. The molecule has 0 fully saturated rings. The Hall–Kier alpha value is -8.22. The SMILES string of the molecule is c1cc2sc3c4ccccc4ccc3c2c(N(c2ccc(-c3ccccc3)c(-c3ccc4ccccc4c3)c2)c2ccccc2C2=C(c3cc4ccccc4c4ccccc34)C=CCC2)c#1. The lowest BCUT2D eigenvalue weighted by atomic mass is 9.84. The van der Waals surface area contributed by atoms with Crippen LogP contribution in [0.5, 0.6) is 0 Å². The Morgan fingerprint density at radius 2 is 1.17 bits per heavy atom. The molecule has 12 aromatic rings. The molecule has 1 aliphatic rings. The average molecular weight is 856 g/mol. The molecule has 13 rings (SSSR count). The van der Waals surface area contributed by atoms with Gasteiger partial charge in [0, 0.05) is 37.5 Å². The van der Waals surface area contributed by atoms with E-state index < -0.39 is 0 Å². The van der Waals surface area contributed by atoms with E-state index in [1.54, 1.807) is 0 Å². The standard InChI is InChI=1S/C64H41NS/c1-2-18-43(19-3-1)50-38-36-48(41-58(50)47-34-33-42-17-4-5-21-45(42)39-47)65(61-31-16-32-62-63(61)57-37-35-44-20-6-9-24-51(44)64(57)66-62)60-30-15-14-29-56(60)53-26-11-13-28-55(53)59-40-46-22-7-8-23-49(46)52-25-10-12-27-54(52)59/h1-10,12-15,17-25,27-30,32-41H,11,26H2. The Morgan fingerprint density at radius 1 is 0.455 bits per heavy atom. The Balaban J connectivity index is 1.11. The van der Waals surface area contributed by atoms with E-state index >= 15 is 0 Å². The maximum Gasteiger partial charge on any atom is 0.107 e. The van der Waals surface area contributed by atoms with Crippen LogP contribution in [0.15, 0.2) is 224 Å². The van der Waals surface area contributed by atoms with Crippen LogP contribution in [0.1, 0.15) is 24.0 Å². The predicted octanol–water partition coefficient (Wildman–Crippen LogP) is 18.3. The molecule has 0 unspecified atom stereocenters. The smallest absolute Gasteiger partial charge is 0.107 e. The molecule has 1 aromatic heterocycles. The summed E-state index contributed by atoms with van der Waals surface area (Å²) >= 11 is 1.85. The quantitative estimate of drug-likeness (QED) is 0.144. The minimum atomic E-state index is 0.917. The molecule has 2 heteroatoms. The average Bonchev–Trinajstić information content (AvgIpc) is 3.79. The molecule has 0 saturated heterocycles. The molecule has 11 aromatic carbocycles. The lowest BCUT2D eigenvalue weighted by molar-refractivity contribution is 1.06. The van der Waals surface area contributed by atoms with E-state index in [-0.39, 0.29) is 0 Å². The van der Waals surface area contributed by atoms with Crippen molar-refractivity contribution in [1.82, 2.24) is 0 Å². The summed E-state index contributed by atoms with van der Waals surface area (Å²) in [6.45, 7) is 0. The van der Waals surface area contributed by atoms with Crippen molar-refractivity contribution >= 4 is 103 Å². The number of fused-ring (bicyclic) bond motifs is 9. The summed E-state index contributed by atoms with van der Waals surface area (Å²) in [5, 5.41) is 12.5. The van der Waals surface area contributed by atoms with Crippen LogP contribution >= 0.6 is 11.3 Å². The predicted molar refractivity (Wildman–Crippen MR) is 284 cm³/mol. The number of nitrogens with zero attached hydrogens (tertiary/aromatic N) is 1. The van der Waals surface area contributed by atoms with Crippen LogP contribution in [0, 0.1) is 12.1 Å². The van der Waals surface area contributed by atoms with Gasteiger partial charge >= 0.3 is 0 Å². The van der Waals surface area contributed by atoms with Crippen molar-refractivity contribution in [3.05, 3.63) is 248 Å². The topological polar surface area (TPSA) is 3.24 Å². The molecule has 1 nitrogen and oxygen atoms in total. The van der Waals surface area contributed by atoms with Crippen molar-refractivity contribution in [3.63, 3.8) is 0 Å². The van der Waals surface area contributed by atoms with Gasteiger partial charge in [0.05, 0.1) is 5.69 Å². The molecule has 0 aliphatic heterocycles. The van der Waals surface area contributed by atoms with Crippen LogP contribution in [0.25, 0.3) is 96.7 Å². The van der Waals surface area contributed by atoms with Gasteiger partial charge in [-0.15, -0.1) is 11.3 Å². The molecule has 308 valence electrons. The molecule has 66 heavy (non-hydrogen) atoms. The van der Waals surface area contributed by atoms with E-state index in [2.05, 4.69) is 242 Å². The Labute approximate surface area is 388 Å². The summed E-state index contributed by atoms with van der Waals surface area (Å²) in [6.07, 6.45) is 6.61. The molecule has 0 saturated carbocycles. The zero-order valence-electron chi connectivity index (χ0n) is 36.1. The molecule has 0 bridgehead atoms. The maximum atomic E-state index is 3.76. The van der Waals surface area contributed by atoms with Crippen molar-refractivity contribution in [1.29, 1.82) is 0 Å². The van der Waals surface area contributed by atoms with Crippen molar-refractivity contribution in [2.24, 2.45) is 0 Å². The summed E-state index contributed by atoms with van der Waals surface area (Å²) < 4.78 is 2.48. The van der Waals surface area contributed by atoms with Gasteiger partial charge in [0.25, 0.3) is 0 Å². The maximum absolute atomic E-state index is 3.76. The molecule has 0 N–H and O–H groups in total. The highest BCUT2D eigenvalue weighted by molar-refractivity contribution is 7.26. The normalized spacial score (nSPS) is 12.8. The monoisotopic (exact) mass is 855 g/mol. The van der Waals surface area contributed by atoms with Crippen LogP contribution in [0.2, 0.25) is 0 Å². The number of hydrogen-bond donors (Lipinski definition) is 0. The second-order valence-corrected chi connectivity index (χ2v) is 18.4. The first-order chi connectivity index (χ1) is 32.7. The molecular formula is C64H41NS. The lowest BCUT2D eigenvalue weighted by Gasteiger charge is -2.30. The number of anilines is 3. The molecular weight excluding hydrogens is 815 g/mol. The van der Waals surface area contributed by atoms with E-state index in [1.165, 1.54) is 108 Å². The molecule has 0 spiro atoms. The third-order valence-electron chi connectivity index (χ3n) is 13.6. The Kier molecular flexibility index (Phi) is 9.15. The summed E-state index contributed by atoms with van der Waals surface area (Å²) in [6, 6.07) is 85.3. The number of thiophene rings is 1.